The quantitative estimate of drug-likeness (QED) is 0.310. The Bertz CT molecular complexity index is 317. The van der Waals surface area contributed by atoms with Gasteiger partial charge >= 0.3 is 12.1 Å². The molecule has 0 bridgehead atoms. The van der Waals surface area contributed by atoms with Crippen molar-refractivity contribution in [3.8, 4) is 0 Å². The van der Waals surface area contributed by atoms with Gasteiger partial charge in [0.1, 0.15) is 0 Å². The highest BCUT2D eigenvalue weighted by Crippen LogP contribution is 2.38. The molecule has 0 aromatic rings. The van der Waals surface area contributed by atoms with E-state index in [2.05, 4.69) is 0 Å². The molecule has 120 valence electrons. The molecule has 0 saturated heterocycles. The zero-order valence-corrected chi connectivity index (χ0v) is 12.5. The highest BCUT2D eigenvalue weighted by atomic mass is 35.5. The molecule has 0 aliphatic heterocycles. The van der Waals surface area contributed by atoms with Gasteiger partial charge in [-0.15, -0.1) is 11.6 Å². The molecule has 0 aromatic carbocycles. The van der Waals surface area contributed by atoms with E-state index in [0.29, 0.717) is 12.3 Å². The van der Waals surface area contributed by atoms with Gasteiger partial charge in [0.15, 0.2) is 0 Å². The summed E-state index contributed by atoms with van der Waals surface area (Å²) >= 11 is 5.48. The van der Waals surface area contributed by atoms with Gasteiger partial charge in [0.25, 0.3) is 0 Å². The topological polar surface area (TPSA) is 17.1 Å². The molecule has 0 N–H and O–H groups in total. The van der Waals surface area contributed by atoms with E-state index in [0.717, 1.165) is 19.3 Å². The van der Waals surface area contributed by atoms with Gasteiger partial charge in [-0.25, -0.2) is 0 Å². The highest BCUT2D eigenvalue weighted by Gasteiger charge is 2.56. The largest absolute Gasteiger partial charge is 0.453 e. The number of unbranched alkanes of at least 4 members (excludes halogenated alkanes) is 3. The third-order valence-electron chi connectivity index (χ3n) is 2.50. The SMILES string of the molecule is O=S(/C=C/CCCCCCl)CCCC(F)(F)C(F)(F)F. The molecule has 20 heavy (non-hydrogen) atoms. The Labute approximate surface area is 123 Å². The summed E-state index contributed by atoms with van der Waals surface area (Å²) in [6.07, 6.45) is -2.22. The van der Waals surface area contributed by atoms with Gasteiger partial charge in [-0.3, -0.25) is 4.21 Å². The average molecular weight is 341 g/mol. The van der Waals surface area contributed by atoms with E-state index in [4.69, 9.17) is 11.6 Å². The maximum Gasteiger partial charge on any atom is 0.453 e. The van der Waals surface area contributed by atoms with Crippen molar-refractivity contribution >= 4 is 22.4 Å². The van der Waals surface area contributed by atoms with E-state index in [1.165, 1.54) is 5.41 Å². The van der Waals surface area contributed by atoms with Gasteiger partial charge in [-0.2, -0.15) is 22.0 Å². The second kappa shape index (κ2) is 9.71. The number of hydrogen-bond acceptors (Lipinski definition) is 1. The molecule has 0 aliphatic rings. The molecule has 0 rings (SSSR count). The predicted octanol–water partition coefficient (Wildman–Crippen LogP) is 5.03. The summed E-state index contributed by atoms with van der Waals surface area (Å²) in [4.78, 5) is 0. The fraction of sp³-hybridized carbons (Fsp3) is 0.833. The molecular weight excluding hydrogens is 323 g/mol. The summed E-state index contributed by atoms with van der Waals surface area (Å²) in [5.74, 6) is -4.31. The van der Waals surface area contributed by atoms with E-state index < -0.39 is 35.7 Å². The zero-order chi connectivity index (χ0) is 15.6. The molecule has 1 atom stereocenters. The van der Waals surface area contributed by atoms with Crippen LogP contribution < -0.4 is 0 Å². The lowest BCUT2D eigenvalue weighted by atomic mass is 10.2. The number of rotatable bonds is 10. The van der Waals surface area contributed by atoms with Crippen LogP contribution in [0.2, 0.25) is 0 Å². The van der Waals surface area contributed by atoms with Crippen LogP contribution in [-0.2, 0) is 10.8 Å². The van der Waals surface area contributed by atoms with Gasteiger partial charge < -0.3 is 0 Å². The van der Waals surface area contributed by atoms with Crippen LogP contribution in [0.1, 0.15) is 38.5 Å². The first kappa shape index (κ1) is 19.8. The monoisotopic (exact) mass is 340 g/mol. The second-order valence-corrected chi connectivity index (χ2v) is 6.12. The average Bonchev–Trinajstić information content (AvgIpc) is 2.32. The molecule has 0 amide bonds. The van der Waals surface area contributed by atoms with Gasteiger partial charge in [0.05, 0.1) is 0 Å². The van der Waals surface area contributed by atoms with E-state index in [1.54, 1.807) is 6.08 Å². The molecule has 1 unspecified atom stereocenters. The smallest absolute Gasteiger partial charge is 0.255 e. The van der Waals surface area contributed by atoms with Gasteiger partial charge in [-0.05, 0) is 31.1 Å². The van der Waals surface area contributed by atoms with E-state index in [9.17, 15) is 26.2 Å². The Morgan fingerprint density at radius 3 is 2.20 bits per heavy atom. The fourth-order valence-corrected chi connectivity index (χ4v) is 2.46. The number of alkyl halides is 6. The second-order valence-electron chi connectivity index (χ2n) is 4.30. The molecule has 0 heterocycles. The maximum absolute atomic E-state index is 12.6. The molecule has 0 radical (unpaired) electrons. The minimum Gasteiger partial charge on any atom is -0.255 e. The van der Waals surface area contributed by atoms with Crippen molar-refractivity contribution in [2.75, 3.05) is 11.6 Å². The van der Waals surface area contributed by atoms with Crippen LogP contribution in [0, 0.1) is 0 Å². The van der Waals surface area contributed by atoms with Crippen molar-refractivity contribution in [3.05, 3.63) is 11.5 Å². The molecule has 0 spiro atoms. The minimum atomic E-state index is -5.53. The van der Waals surface area contributed by atoms with Crippen LogP contribution in [0.4, 0.5) is 22.0 Å². The lowest BCUT2D eigenvalue weighted by Crippen LogP contribution is -2.36. The van der Waals surface area contributed by atoms with Crippen LogP contribution >= 0.6 is 11.6 Å². The van der Waals surface area contributed by atoms with Crippen LogP contribution in [0.25, 0.3) is 0 Å². The zero-order valence-electron chi connectivity index (χ0n) is 10.9. The molecular formula is C12H18ClF5OS. The van der Waals surface area contributed by atoms with E-state index >= 15 is 0 Å². The molecule has 0 saturated carbocycles. The molecule has 8 heteroatoms. The number of allylic oxidation sites excluding steroid dienone is 1. The highest BCUT2D eigenvalue weighted by molar-refractivity contribution is 7.87. The Kier molecular flexibility index (Phi) is 9.63. The molecule has 0 aromatic heterocycles. The Morgan fingerprint density at radius 1 is 1.00 bits per heavy atom. The van der Waals surface area contributed by atoms with Crippen LogP contribution in [0.3, 0.4) is 0 Å². The third-order valence-corrected chi connectivity index (χ3v) is 3.96. The number of hydrogen-bond donors (Lipinski definition) is 0. The number of halogens is 6. The van der Waals surface area contributed by atoms with Crippen molar-refractivity contribution in [1.29, 1.82) is 0 Å². The Balaban J connectivity index is 3.81. The van der Waals surface area contributed by atoms with Crippen molar-refractivity contribution < 1.29 is 26.2 Å². The summed E-state index contributed by atoms with van der Waals surface area (Å²) < 4.78 is 72.0. The van der Waals surface area contributed by atoms with Crippen molar-refractivity contribution in [2.45, 2.75) is 50.6 Å². The summed E-state index contributed by atoms with van der Waals surface area (Å²) in [6.45, 7) is 0. The standard InChI is InChI=1S/C12H18ClF5OS/c13-8-4-2-1-3-5-9-20(19)10-6-7-11(14,15)12(16,17)18/h5,9H,1-4,6-8,10H2/b9-5+. The summed E-state index contributed by atoms with van der Waals surface area (Å²) in [7, 11) is -1.50. The lowest BCUT2D eigenvalue weighted by molar-refractivity contribution is -0.284. The van der Waals surface area contributed by atoms with Crippen LogP contribution in [-0.4, -0.2) is 27.9 Å². The van der Waals surface area contributed by atoms with Gasteiger partial charge in [0, 0.05) is 28.9 Å². The predicted molar refractivity (Wildman–Crippen MR) is 71.6 cm³/mol. The molecule has 0 fully saturated rings. The summed E-state index contributed by atoms with van der Waals surface area (Å²) in [6, 6.07) is 0. The van der Waals surface area contributed by atoms with E-state index in [1.807, 2.05) is 0 Å². The lowest BCUT2D eigenvalue weighted by Gasteiger charge is -2.18. The van der Waals surface area contributed by atoms with Crippen molar-refractivity contribution in [2.24, 2.45) is 0 Å². The fourth-order valence-electron chi connectivity index (χ4n) is 1.36. The molecule has 1 nitrogen and oxygen atoms in total. The first-order valence-corrected chi connectivity index (χ1v) is 8.16. The van der Waals surface area contributed by atoms with Crippen molar-refractivity contribution in [3.63, 3.8) is 0 Å². The van der Waals surface area contributed by atoms with Crippen molar-refractivity contribution in [1.82, 2.24) is 0 Å². The normalized spacial score (nSPS) is 14.9. The van der Waals surface area contributed by atoms with Crippen LogP contribution in [0.15, 0.2) is 11.5 Å². The van der Waals surface area contributed by atoms with Crippen LogP contribution in [0.5, 0.6) is 0 Å². The van der Waals surface area contributed by atoms with Gasteiger partial charge in [0.2, 0.25) is 0 Å². The van der Waals surface area contributed by atoms with Gasteiger partial charge in [-0.1, -0.05) is 12.5 Å². The third kappa shape index (κ3) is 8.89. The minimum absolute atomic E-state index is 0.191. The summed E-state index contributed by atoms with van der Waals surface area (Å²) in [5, 5.41) is 1.35. The van der Waals surface area contributed by atoms with E-state index in [-0.39, 0.29) is 5.75 Å². The molecule has 0 aliphatic carbocycles. The summed E-state index contributed by atoms with van der Waals surface area (Å²) in [5.41, 5.74) is 0. The maximum atomic E-state index is 12.6. The Hall–Kier alpha value is -0.170. The first-order chi connectivity index (χ1) is 9.20. The first-order valence-electron chi connectivity index (χ1n) is 6.25. The Morgan fingerprint density at radius 2 is 1.65 bits per heavy atom.